The second-order valence-corrected chi connectivity index (χ2v) is 6.08. The Hall–Kier alpha value is -1.42. The summed E-state index contributed by atoms with van der Waals surface area (Å²) in [6.45, 7) is 0. The van der Waals surface area contributed by atoms with Crippen molar-refractivity contribution in [3.8, 4) is 0 Å². The van der Waals surface area contributed by atoms with Gasteiger partial charge in [0.15, 0.2) is 5.11 Å². The first-order valence-corrected chi connectivity index (χ1v) is 7.84. The van der Waals surface area contributed by atoms with Gasteiger partial charge in [0.1, 0.15) is 6.04 Å². The summed E-state index contributed by atoms with van der Waals surface area (Å²) >= 11 is 5.39. The molecule has 1 aromatic rings. The molecule has 4 heteroatoms. The van der Waals surface area contributed by atoms with Crippen molar-refractivity contribution >= 4 is 23.2 Å². The Balaban J connectivity index is 1.70. The maximum atomic E-state index is 12.6. The van der Waals surface area contributed by atoms with E-state index in [4.69, 9.17) is 12.2 Å². The second kappa shape index (κ2) is 5.92. The molecule has 3 rings (SSSR count). The lowest BCUT2D eigenvalue weighted by molar-refractivity contribution is -0.129. The largest absolute Gasteiger partial charge is 0.350 e. The van der Waals surface area contributed by atoms with Gasteiger partial charge in [0.05, 0.1) is 0 Å². The predicted molar refractivity (Wildman–Crippen MR) is 83.4 cm³/mol. The molecule has 2 fully saturated rings. The van der Waals surface area contributed by atoms with Gasteiger partial charge >= 0.3 is 0 Å². The van der Waals surface area contributed by atoms with Gasteiger partial charge < -0.3 is 5.32 Å². The van der Waals surface area contributed by atoms with Crippen molar-refractivity contribution < 1.29 is 4.79 Å². The summed E-state index contributed by atoms with van der Waals surface area (Å²) in [4.78, 5) is 14.4. The Morgan fingerprint density at radius 1 is 1.15 bits per heavy atom. The predicted octanol–water partition coefficient (Wildman–Crippen LogP) is 2.65. The standard InChI is InChI=1S/C16H20N2OS/c19-15-14(11-12-7-3-1-4-8-12)17-16(20)18(15)13-9-5-2-6-10-13/h1,3-4,7-8,13-14H,2,5-6,9-11H2,(H,17,20). The van der Waals surface area contributed by atoms with Crippen LogP contribution in [0.3, 0.4) is 0 Å². The van der Waals surface area contributed by atoms with E-state index in [0.717, 1.165) is 12.8 Å². The first kappa shape index (κ1) is 13.6. The number of benzene rings is 1. The van der Waals surface area contributed by atoms with E-state index < -0.39 is 0 Å². The molecule has 0 aromatic heterocycles. The van der Waals surface area contributed by atoms with Gasteiger partial charge in [-0.1, -0.05) is 49.6 Å². The van der Waals surface area contributed by atoms with Gasteiger partial charge in [-0.25, -0.2) is 0 Å². The Kier molecular flexibility index (Phi) is 4.01. The molecule has 0 spiro atoms. The number of nitrogens with zero attached hydrogens (tertiary/aromatic N) is 1. The van der Waals surface area contributed by atoms with Gasteiger partial charge in [-0.2, -0.15) is 0 Å². The minimum absolute atomic E-state index is 0.158. The number of hydrogen-bond donors (Lipinski definition) is 1. The lowest BCUT2D eigenvalue weighted by atomic mass is 9.94. The number of carbonyl (C=O) groups excluding carboxylic acids is 1. The zero-order valence-electron chi connectivity index (χ0n) is 11.5. The number of thiocarbonyl (C=S) groups is 1. The third kappa shape index (κ3) is 2.70. The molecule has 106 valence electrons. The minimum Gasteiger partial charge on any atom is -0.350 e. The van der Waals surface area contributed by atoms with Crippen LogP contribution in [0.2, 0.25) is 0 Å². The molecule has 20 heavy (non-hydrogen) atoms. The number of nitrogens with one attached hydrogen (secondary N) is 1. The van der Waals surface area contributed by atoms with Crippen LogP contribution in [0, 0.1) is 0 Å². The van der Waals surface area contributed by atoms with Crippen LogP contribution in [-0.4, -0.2) is 28.0 Å². The van der Waals surface area contributed by atoms with E-state index in [2.05, 4.69) is 17.4 Å². The maximum absolute atomic E-state index is 12.6. The monoisotopic (exact) mass is 288 g/mol. The van der Waals surface area contributed by atoms with Crippen LogP contribution < -0.4 is 5.32 Å². The van der Waals surface area contributed by atoms with Crippen LogP contribution in [-0.2, 0) is 11.2 Å². The van der Waals surface area contributed by atoms with E-state index in [-0.39, 0.29) is 11.9 Å². The van der Waals surface area contributed by atoms with Gasteiger partial charge in [0.2, 0.25) is 0 Å². The topological polar surface area (TPSA) is 32.3 Å². The highest BCUT2D eigenvalue weighted by molar-refractivity contribution is 7.80. The molecule has 1 aromatic carbocycles. The first-order valence-electron chi connectivity index (χ1n) is 7.43. The minimum atomic E-state index is -0.188. The zero-order valence-corrected chi connectivity index (χ0v) is 12.4. The molecular weight excluding hydrogens is 268 g/mol. The average molecular weight is 288 g/mol. The molecular formula is C16H20N2OS. The molecule has 1 heterocycles. The molecule has 1 amide bonds. The number of carbonyl (C=O) groups is 1. The quantitative estimate of drug-likeness (QED) is 0.868. The molecule has 2 aliphatic rings. The maximum Gasteiger partial charge on any atom is 0.251 e. The SMILES string of the molecule is O=C1C(Cc2ccccc2)NC(=S)N1C1CCCCC1. The Labute approximate surface area is 125 Å². The van der Waals surface area contributed by atoms with Crippen LogP contribution in [0.4, 0.5) is 0 Å². The van der Waals surface area contributed by atoms with E-state index in [1.165, 1.54) is 24.8 Å². The van der Waals surface area contributed by atoms with Crippen molar-refractivity contribution in [3.05, 3.63) is 35.9 Å². The summed E-state index contributed by atoms with van der Waals surface area (Å²) in [5, 5.41) is 3.83. The second-order valence-electron chi connectivity index (χ2n) is 5.69. The fourth-order valence-corrected chi connectivity index (χ4v) is 3.60. The van der Waals surface area contributed by atoms with E-state index in [9.17, 15) is 4.79 Å². The smallest absolute Gasteiger partial charge is 0.251 e. The molecule has 1 aliphatic carbocycles. The summed E-state index contributed by atoms with van der Waals surface area (Å²) in [7, 11) is 0. The van der Waals surface area contributed by atoms with E-state index >= 15 is 0 Å². The van der Waals surface area contributed by atoms with Crippen LogP contribution in [0.1, 0.15) is 37.7 Å². The normalized spacial score (nSPS) is 24.0. The molecule has 0 radical (unpaired) electrons. The average Bonchev–Trinajstić information content (AvgIpc) is 2.75. The summed E-state index contributed by atoms with van der Waals surface area (Å²) in [5.74, 6) is 0.158. The third-order valence-corrected chi connectivity index (χ3v) is 4.59. The first-order chi connectivity index (χ1) is 9.75. The highest BCUT2D eigenvalue weighted by atomic mass is 32.1. The lowest BCUT2D eigenvalue weighted by Gasteiger charge is -2.30. The molecule has 1 saturated heterocycles. The van der Waals surface area contributed by atoms with Gasteiger partial charge in [-0.05, 0) is 30.6 Å². The van der Waals surface area contributed by atoms with Crippen molar-refractivity contribution in [2.75, 3.05) is 0 Å². The van der Waals surface area contributed by atoms with Crippen molar-refractivity contribution in [2.45, 2.75) is 50.6 Å². The lowest BCUT2D eigenvalue weighted by Crippen LogP contribution is -2.42. The van der Waals surface area contributed by atoms with E-state index in [0.29, 0.717) is 17.6 Å². The highest BCUT2D eigenvalue weighted by Gasteiger charge is 2.39. The molecule has 1 saturated carbocycles. The molecule has 1 unspecified atom stereocenters. The summed E-state index contributed by atoms with van der Waals surface area (Å²) in [5.41, 5.74) is 1.17. The summed E-state index contributed by atoms with van der Waals surface area (Å²) in [6.07, 6.45) is 6.59. The fourth-order valence-electron chi connectivity index (χ4n) is 3.22. The molecule has 1 N–H and O–H groups in total. The van der Waals surface area contributed by atoms with Crippen molar-refractivity contribution in [3.63, 3.8) is 0 Å². The molecule has 3 nitrogen and oxygen atoms in total. The molecule has 0 bridgehead atoms. The third-order valence-electron chi connectivity index (χ3n) is 4.27. The Bertz CT molecular complexity index is 496. The number of rotatable bonds is 3. The van der Waals surface area contributed by atoms with Gasteiger partial charge in [-0.15, -0.1) is 0 Å². The molecule has 1 atom stereocenters. The van der Waals surface area contributed by atoms with E-state index in [1.54, 1.807) is 0 Å². The number of amides is 1. The van der Waals surface area contributed by atoms with Crippen LogP contribution in [0.15, 0.2) is 30.3 Å². The molecule has 1 aliphatic heterocycles. The van der Waals surface area contributed by atoms with Crippen molar-refractivity contribution in [2.24, 2.45) is 0 Å². The van der Waals surface area contributed by atoms with Crippen LogP contribution in [0.25, 0.3) is 0 Å². The van der Waals surface area contributed by atoms with Crippen molar-refractivity contribution in [1.29, 1.82) is 0 Å². The zero-order chi connectivity index (χ0) is 13.9. The van der Waals surface area contributed by atoms with Gasteiger partial charge in [0.25, 0.3) is 5.91 Å². The van der Waals surface area contributed by atoms with Gasteiger partial charge in [-0.3, -0.25) is 9.69 Å². The Morgan fingerprint density at radius 3 is 2.55 bits per heavy atom. The highest BCUT2D eigenvalue weighted by Crippen LogP contribution is 2.26. The van der Waals surface area contributed by atoms with Crippen LogP contribution >= 0.6 is 12.2 Å². The summed E-state index contributed by atoms with van der Waals surface area (Å²) < 4.78 is 0. The van der Waals surface area contributed by atoms with Crippen LogP contribution in [0.5, 0.6) is 0 Å². The fraction of sp³-hybridized carbons (Fsp3) is 0.500. The van der Waals surface area contributed by atoms with E-state index in [1.807, 2.05) is 23.1 Å². The summed E-state index contributed by atoms with van der Waals surface area (Å²) in [6, 6.07) is 10.2. The van der Waals surface area contributed by atoms with Gasteiger partial charge in [0, 0.05) is 12.5 Å². The van der Waals surface area contributed by atoms with Crippen molar-refractivity contribution in [1.82, 2.24) is 10.2 Å². The number of hydrogen-bond acceptors (Lipinski definition) is 2. The Morgan fingerprint density at radius 2 is 1.85 bits per heavy atom.